The Morgan fingerprint density at radius 3 is 2.75 bits per heavy atom. The van der Waals surface area contributed by atoms with Crippen LogP contribution in [-0.4, -0.2) is 23.8 Å². The molecule has 20 heavy (non-hydrogen) atoms. The minimum atomic E-state index is 0.574. The Labute approximate surface area is 124 Å². The average Bonchev–Trinajstić information content (AvgIpc) is 2.49. The van der Waals surface area contributed by atoms with E-state index in [2.05, 4.69) is 15.6 Å². The van der Waals surface area contributed by atoms with Crippen LogP contribution in [0.15, 0.2) is 48.7 Å². The van der Waals surface area contributed by atoms with Gasteiger partial charge < -0.3 is 15.4 Å². The molecule has 2 N–H and O–H groups in total. The Bertz CT molecular complexity index is 560. The molecule has 0 fully saturated rings. The van der Waals surface area contributed by atoms with Gasteiger partial charge in [0, 0.05) is 24.9 Å². The van der Waals surface area contributed by atoms with Crippen LogP contribution in [0.2, 0.25) is 0 Å². The van der Waals surface area contributed by atoms with Gasteiger partial charge in [-0.05, 0) is 36.5 Å². The van der Waals surface area contributed by atoms with E-state index < -0.39 is 0 Å². The van der Waals surface area contributed by atoms with Gasteiger partial charge in [-0.25, -0.2) is 0 Å². The van der Waals surface area contributed by atoms with E-state index in [0.29, 0.717) is 5.11 Å². The van der Waals surface area contributed by atoms with Crippen molar-refractivity contribution >= 4 is 23.0 Å². The fourth-order valence-corrected chi connectivity index (χ4v) is 1.98. The summed E-state index contributed by atoms with van der Waals surface area (Å²) in [5.41, 5.74) is 1.89. The summed E-state index contributed by atoms with van der Waals surface area (Å²) in [6.45, 7) is 0.734. The number of nitrogens with one attached hydrogen (secondary N) is 2. The summed E-state index contributed by atoms with van der Waals surface area (Å²) < 4.78 is 5.26. The van der Waals surface area contributed by atoms with E-state index in [9.17, 15) is 0 Å². The lowest BCUT2D eigenvalue weighted by Gasteiger charge is -2.13. The van der Waals surface area contributed by atoms with Crippen LogP contribution in [0, 0.1) is 0 Å². The minimum absolute atomic E-state index is 0.574. The molecule has 0 saturated carbocycles. The average molecular weight is 287 g/mol. The van der Waals surface area contributed by atoms with Gasteiger partial charge in [-0.1, -0.05) is 18.2 Å². The number of rotatable bonds is 5. The van der Waals surface area contributed by atoms with Crippen molar-refractivity contribution in [2.45, 2.75) is 6.42 Å². The van der Waals surface area contributed by atoms with E-state index in [-0.39, 0.29) is 0 Å². The predicted molar refractivity (Wildman–Crippen MR) is 85.2 cm³/mol. The largest absolute Gasteiger partial charge is 0.495 e. The highest BCUT2D eigenvalue weighted by atomic mass is 32.1. The van der Waals surface area contributed by atoms with E-state index in [0.717, 1.165) is 30.1 Å². The second-order valence-electron chi connectivity index (χ2n) is 4.15. The van der Waals surface area contributed by atoms with E-state index in [4.69, 9.17) is 17.0 Å². The van der Waals surface area contributed by atoms with Gasteiger partial charge in [-0.3, -0.25) is 4.98 Å². The zero-order valence-corrected chi connectivity index (χ0v) is 12.1. The number of pyridine rings is 1. The summed E-state index contributed by atoms with van der Waals surface area (Å²) in [7, 11) is 1.64. The zero-order valence-electron chi connectivity index (χ0n) is 11.3. The van der Waals surface area contributed by atoms with Crippen LogP contribution < -0.4 is 15.4 Å². The lowest BCUT2D eigenvalue weighted by molar-refractivity contribution is 0.417. The smallest absolute Gasteiger partial charge is 0.170 e. The van der Waals surface area contributed by atoms with Crippen LogP contribution in [0.4, 0.5) is 5.69 Å². The fourth-order valence-electron chi connectivity index (χ4n) is 1.76. The highest BCUT2D eigenvalue weighted by Gasteiger charge is 2.03. The molecule has 4 nitrogen and oxygen atoms in total. The van der Waals surface area contributed by atoms with Gasteiger partial charge in [0.25, 0.3) is 0 Å². The molecule has 0 aliphatic rings. The molecular weight excluding hydrogens is 270 g/mol. The first-order valence-electron chi connectivity index (χ1n) is 6.37. The number of nitrogens with zero attached hydrogens (tertiary/aromatic N) is 1. The molecule has 1 heterocycles. The Balaban J connectivity index is 1.81. The second kappa shape index (κ2) is 7.45. The number of para-hydroxylation sites is 2. The SMILES string of the molecule is COc1ccccc1NC(=S)NCCc1ccccn1. The molecule has 0 bridgehead atoms. The first-order chi connectivity index (χ1) is 9.79. The van der Waals surface area contributed by atoms with Gasteiger partial charge in [0.2, 0.25) is 0 Å². The van der Waals surface area contributed by atoms with Gasteiger partial charge in [0.1, 0.15) is 5.75 Å². The molecule has 0 spiro atoms. The molecule has 0 aliphatic carbocycles. The van der Waals surface area contributed by atoms with Crippen LogP contribution in [-0.2, 0) is 6.42 Å². The molecule has 104 valence electrons. The molecule has 2 rings (SSSR count). The monoisotopic (exact) mass is 287 g/mol. The standard InChI is InChI=1S/C15H17N3OS/c1-19-14-8-3-2-7-13(14)18-15(20)17-11-9-12-6-4-5-10-16-12/h2-8,10H,9,11H2,1H3,(H2,17,18,20). The minimum Gasteiger partial charge on any atom is -0.495 e. The molecule has 2 aromatic rings. The Morgan fingerprint density at radius 1 is 1.20 bits per heavy atom. The van der Waals surface area contributed by atoms with Gasteiger partial charge in [0.15, 0.2) is 5.11 Å². The molecule has 1 aromatic carbocycles. The van der Waals surface area contributed by atoms with Gasteiger partial charge in [-0.15, -0.1) is 0 Å². The van der Waals surface area contributed by atoms with E-state index in [1.54, 1.807) is 13.3 Å². The number of ether oxygens (including phenoxy) is 1. The third-order valence-electron chi connectivity index (χ3n) is 2.75. The van der Waals surface area contributed by atoms with Crippen molar-refractivity contribution in [2.24, 2.45) is 0 Å². The van der Waals surface area contributed by atoms with Crippen molar-refractivity contribution in [2.75, 3.05) is 19.0 Å². The Morgan fingerprint density at radius 2 is 2.00 bits per heavy atom. The summed E-state index contributed by atoms with van der Waals surface area (Å²) in [4.78, 5) is 4.26. The highest BCUT2D eigenvalue weighted by Crippen LogP contribution is 2.22. The second-order valence-corrected chi connectivity index (χ2v) is 4.56. The molecule has 5 heteroatoms. The summed E-state index contributed by atoms with van der Waals surface area (Å²) >= 11 is 5.26. The van der Waals surface area contributed by atoms with Crippen LogP contribution in [0.25, 0.3) is 0 Å². The van der Waals surface area contributed by atoms with Crippen molar-refractivity contribution in [3.63, 3.8) is 0 Å². The van der Waals surface area contributed by atoms with Crippen LogP contribution in [0.3, 0.4) is 0 Å². The molecule has 0 atom stereocenters. The lowest BCUT2D eigenvalue weighted by atomic mass is 10.3. The van der Waals surface area contributed by atoms with Crippen molar-refractivity contribution in [1.29, 1.82) is 0 Å². The van der Waals surface area contributed by atoms with Gasteiger partial charge in [0.05, 0.1) is 12.8 Å². The third kappa shape index (κ3) is 4.20. The summed E-state index contributed by atoms with van der Waals surface area (Å²) in [6, 6.07) is 13.5. The lowest BCUT2D eigenvalue weighted by Crippen LogP contribution is -2.30. The maximum absolute atomic E-state index is 5.26. The van der Waals surface area contributed by atoms with E-state index in [1.165, 1.54) is 0 Å². The Kier molecular flexibility index (Phi) is 5.32. The normalized spacial score (nSPS) is 9.85. The number of hydrogen-bond acceptors (Lipinski definition) is 3. The van der Waals surface area contributed by atoms with Crippen molar-refractivity contribution in [3.8, 4) is 5.75 Å². The van der Waals surface area contributed by atoms with Crippen molar-refractivity contribution in [3.05, 3.63) is 54.4 Å². The van der Waals surface area contributed by atoms with E-state index in [1.807, 2.05) is 42.5 Å². The molecule has 0 unspecified atom stereocenters. The topological polar surface area (TPSA) is 46.2 Å². The Hall–Kier alpha value is -2.14. The van der Waals surface area contributed by atoms with Crippen LogP contribution >= 0.6 is 12.2 Å². The summed E-state index contributed by atoms with van der Waals surface area (Å²) in [5, 5.41) is 6.85. The number of benzene rings is 1. The third-order valence-corrected chi connectivity index (χ3v) is 2.99. The number of hydrogen-bond donors (Lipinski definition) is 2. The van der Waals surface area contributed by atoms with Gasteiger partial charge >= 0.3 is 0 Å². The predicted octanol–water partition coefficient (Wildman–Crippen LogP) is 2.62. The quantitative estimate of drug-likeness (QED) is 0.828. The highest BCUT2D eigenvalue weighted by molar-refractivity contribution is 7.80. The van der Waals surface area contributed by atoms with Gasteiger partial charge in [-0.2, -0.15) is 0 Å². The van der Waals surface area contributed by atoms with Crippen LogP contribution in [0.1, 0.15) is 5.69 Å². The fraction of sp³-hybridized carbons (Fsp3) is 0.200. The maximum Gasteiger partial charge on any atom is 0.170 e. The summed E-state index contributed by atoms with van der Waals surface area (Å²) in [6.07, 6.45) is 2.62. The first-order valence-corrected chi connectivity index (χ1v) is 6.78. The number of aromatic nitrogens is 1. The summed E-state index contributed by atoms with van der Waals surface area (Å²) in [5.74, 6) is 0.765. The molecular formula is C15H17N3OS. The number of methoxy groups -OCH3 is 1. The molecule has 1 aromatic heterocycles. The molecule has 0 saturated heterocycles. The number of thiocarbonyl (C=S) groups is 1. The first kappa shape index (κ1) is 14.3. The van der Waals surface area contributed by atoms with E-state index >= 15 is 0 Å². The molecule has 0 aliphatic heterocycles. The number of anilines is 1. The van der Waals surface area contributed by atoms with Crippen molar-refractivity contribution in [1.82, 2.24) is 10.3 Å². The molecule has 0 radical (unpaired) electrons. The zero-order chi connectivity index (χ0) is 14.2. The van der Waals surface area contributed by atoms with Crippen LogP contribution in [0.5, 0.6) is 5.75 Å². The maximum atomic E-state index is 5.26. The molecule has 0 amide bonds. The van der Waals surface area contributed by atoms with Crippen molar-refractivity contribution < 1.29 is 4.74 Å².